The van der Waals surface area contributed by atoms with Crippen LogP contribution in [-0.2, 0) is 0 Å². The Kier molecular flexibility index (Phi) is 5.61. The summed E-state index contributed by atoms with van der Waals surface area (Å²) in [5.41, 5.74) is -0.186. The van der Waals surface area contributed by atoms with Gasteiger partial charge in [0.1, 0.15) is 5.75 Å². The minimum absolute atomic E-state index is 0.0133. The number of nitro benzene ring substituents is 1. The number of phenols is 1. The number of halogens is 1. The van der Waals surface area contributed by atoms with Crippen LogP contribution in [0, 0.1) is 15.5 Å². The highest BCUT2D eigenvalue weighted by Crippen LogP contribution is 2.45. The van der Waals surface area contributed by atoms with E-state index in [1.54, 1.807) is 0 Å². The van der Waals surface area contributed by atoms with Crippen molar-refractivity contribution in [1.82, 2.24) is 10.2 Å². The van der Waals surface area contributed by atoms with Gasteiger partial charge in [0.15, 0.2) is 0 Å². The van der Waals surface area contributed by atoms with Crippen molar-refractivity contribution < 1.29 is 15.1 Å². The van der Waals surface area contributed by atoms with Gasteiger partial charge in [-0.1, -0.05) is 13.8 Å². The summed E-state index contributed by atoms with van der Waals surface area (Å²) in [4.78, 5) is 12.8. The van der Waals surface area contributed by atoms with Gasteiger partial charge in [0.2, 0.25) is 0 Å². The molecule has 2 rings (SSSR count). The summed E-state index contributed by atoms with van der Waals surface area (Å²) < 4.78 is 0.288. The molecule has 0 aliphatic carbocycles. The van der Waals surface area contributed by atoms with Gasteiger partial charge in [0, 0.05) is 61.9 Å². The second-order valence-electron chi connectivity index (χ2n) is 6.46. The SMILES string of the molecule is CC(C)(CO)[C@@H](c1cc([N+](=O)[O-])cc(Br)c1O)N1CCNCC1. The lowest BCUT2D eigenvalue weighted by atomic mass is 9.79. The number of benzene rings is 1. The number of aromatic hydroxyl groups is 1. The van der Waals surface area contributed by atoms with Gasteiger partial charge in [-0.25, -0.2) is 0 Å². The first kappa shape index (κ1) is 18.1. The average molecular weight is 388 g/mol. The summed E-state index contributed by atoms with van der Waals surface area (Å²) in [7, 11) is 0. The first-order chi connectivity index (χ1) is 10.8. The molecule has 1 aromatic carbocycles. The summed E-state index contributed by atoms with van der Waals surface area (Å²) in [6.45, 7) is 6.78. The van der Waals surface area contributed by atoms with Crippen molar-refractivity contribution in [3.63, 3.8) is 0 Å². The van der Waals surface area contributed by atoms with Crippen molar-refractivity contribution in [3.8, 4) is 5.75 Å². The van der Waals surface area contributed by atoms with Crippen molar-refractivity contribution in [2.75, 3.05) is 32.8 Å². The summed E-state index contributed by atoms with van der Waals surface area (Å²) in [5, 5.41) is 34.7. The molecule has 8 heteroatoms. The van der Waals surface area contributed by atoms with E-state index in [1.165, 1.54) is 12.1 Å². The fourth-order valence-corrected chi connectivity index (χ4v) is 3.52. The molecule has 0 spiro atoms. The largest absolute Gasteiger partial charge is 0.506 e. The van der Waals surface area contributed by atoms with Crippen LogP contribution in [0.5, 0.6) is 5.75 Å². The molecule has 23 heavy (non-hydrogen) atoms. The van der Waals surface area contributed by atoms with Crippen LogP contribution in [0.15, 0.2) is 16.6 Å². The van der Waals surface area contributed by atoms with Gasteiger partial charge < -0.3 is 15.5 Å². The quantitative estimate of drug-likeness (QED) is 0.527. The van der Waals surface area contributed by atoms with Crippen LogP contribution in [0.3, 0.4) is 0 Å². The number of piperazine rings is 1. The number of nitro groups is 1. The molecule has 0 aromatic heterocycles. The van der Waals surface area contributed by atoms with Crippen LogP contribution in [0.2, 0.25) is 0 Å². The van der Waals surface area contributed by atoms with E-state index in [0.29, 0.717) is 5.56 Å². The van der Waals surface area contributed by atoms with Gasteiger partial charge in [-0.3, -0.25) is 15.0 Å². The fraction of sp³-hybridized carbons (Fsp3) is 0.600. The zero-order valence-corrected chi connectivity index (χ0v) is 14.8. The first-order valence-corrected chi connectivity index (χ1v) is 8.29. The number of aliphatic hydroxyl groups excluding tert-OH is 1. The van der Waals surface area contributed by atoms with E-state index in [9.17, 15) is 20.3 Å². The van der Waals surface area contributed by atoms with E-state index in [4.69, 9.17) is 0 Å². The van der Waals surface area contributed by atoms with Crippen molar-refractivity contribution >= 4 is 21.6 Å². The van der Waals surface area contributed by atoms with E-state index in [0.717, 1.165) is 26.2 Å². The maximum absolute atomic E-state index is 11.2. The van der Waals surface area contributed by atoms with E-state index in [2.05, 4.69) is 26.1 Å². The van der Waals surface area contributed by atoms with E-state index >= 15 is 0 Å². The molecule has 1 atom stereocenters. The average Bonchev–Trinajstić information content (AvgIpc) is 2.52. The fourth-order valence-electron chi connectivity index (χ4n) is 3.06. The smallest absolute Gasteiger partial charge is 0.271 e. The summed E-state index contributed by atoms with van der Waals surface area (Å²) in [6, 6.07) is 2.37. The second-order valence-corrected chi connectivity index (χ2v) is 7.31. The maximum atomic E-state index is 11.2. The molecule has 128 valence electrons. The van der Waals surface area contributed by atoms with Gasteiger partial charge in [-0.15, -0.1) is 0 Å². The first-order valence-electron chi connectivity index (χ1n) is 7.50. The van der Waals surface area contributed by atoms with E-state index < -0.39 is 10.3 Å². The third-order valence-corrected chi connectivity index (χ3v) is 4.85. The lowest BCUT2D eigenvalue weighted by Crippen LogP contribution is -2.49. The zero-order valence-electron chi connectivity index (χ0n) is 13.3. The van der Waals surface area contributed by atoms with Gasteiger partial charge >= 0.3 is 0 Å². The van der Waals surface area contributed by atoms with Crippen molar-refractivity contribution in [2.45, 2.75) is 19.9 Å². The lowest BCUT2D eigenvalue weighted by Gasteiger charge is -2.43. The summed E-state index contributed by atoms with van der Waals surface area (Å²) in [6.07, 6.45) is 0. The topological polar surface area (TPSA) is 98.9 Å². The van der Waals surface area contributed by atoms with Crippen LogP contribution < -0.4 is 5.32 Å². The predicted octanol–water partition coefficient (Wildman–Crippen LogP) is 2.03. The molecule has 3 N–H and O–H groups in total. The number of hydrogen-bond acceptors (Lipinski definition) is 6. The number of non-ortho nitro benzene ring substituents is 1. The maximum Gasteiger partial charge on any atom is 0.271 e. The van der Waals surface area contributed by atoms with E-state index in [-0.39, 0.29) is 28.6 Å². The van der Waals surface area contributed by atoms with Crippen molar-refractivity contribution in [1.29, 1.82) is 0 Å². The Morgan fingerprint density at radius 1 is 1.43 bits per heavy atom. The highest BCUT2D eigenvalue weighted by atomic mass is 79.9. The van der Waals surface area contributed by atoms with E-state index in [1.807, 2.05) is 13.8 Å². The molecule has 0 unspecified atom stereocenters. The third kappa shape index (κ3) is 3.82. The Morgan fingerprint density at radius 2 is 2.04 bits per heavy atom. The predicted molar refractivity (Wildman–Crippen MR) is 90.5 cm³/mol. The molecule has 0 saturated carbocycles. The second kappa shape index (κ2) is 7.12. The van der Waals surface area contributed by atoms with Gasteiger partial charge in [0.05, 0.1) is 9.40 Å². The number of nitrogens with zero attached hydrogens (tertiary/aromatic N) is 2. The van der Waals surface area contributed by atoms with Crippen LogP contribution in [-0.4, -0.2) is 52.8 Å². The standard InChI is InChI=1S/C15H22BrN3O4/c1-15(2,9-20)14(18-5-3-17-4-6-18)11-7-10(19(22)23)8-12(16)13(11)21/h7-8,14,17,20-21H,3-6,9H2,1-2H3/t14-/m1/s1. The van der Waals surface area contributed by atoms with Crippen molar-refractivity contribution in [2.24, 2.45) is 5.41 Å². The number of rotatable bonds is 5. The molecular formula is C15H22BrN3O4. The molecular weight excluding hydrogens is 366 g/mol. The van der Waals surface area contributed by atoms with Gasteiger partial charge in [-0.2, -0.15) is 0 Å². The minimum Gasteiger partial charge on any atom is -0.506 e. The summed E-state index contributed by atoms with van der Waals surface area (Å²) in [5.74, 6) is -0.0133. The normalized spacial score (nSPS) is 17.9. The molecule has 1 heterocycles. The van der Waals surface area contributed by atoms with Crippen LogP contribution in [0.25, 0.3) is 0 Å². The molecule has 1 aliphatic heterocycles. The Hall–Kier alpha value is -1.22. The molecule has 1 aliphatic rings. The van der Waals surface area contributed by atoms with Gasteiger partial charge in [-0.05, 0) is 15.9 Å². The highest BCUT2D eigenvalue weighted by molar-refractivity contribution is 9.10. The number of hydrogen-bond donors (Lipinski definition) is 3. The van der Waals surface area contributed by atoms with Crippen LogP contribution in [0.4, 0.5) is 5.69 Å². The molecule has 0 radical (unpaired) electrons. The molecule has 1 aromatic rings. The minimum atomic E-state index is -0.566. The summed E-state index contributed by atoms with van der Waals surface area (Å²) >= 11 is 3.20. The Bertz CT molecular complexity index is 588. The monoisotopic (exact) mass is 387 g/mol. The van der Waals surface area contributed by atoms with Crippen molar-refractivity contribution in [3.05, 3.63) is 32.3 Å². The number of nitrogens with one attached hydrogen (secondary N) is 1. The number of aliphatic hydroxyl groups is 1. The molecule has 1 fully saturated rings. The lowest BCUT2D eigenvalue weighted by molar-refractivity contribution is -0.385. The highest BCUT2D eigenvalue weighted by Gasteiger charge is 2.38. The number of phenolic OH excluding ortho intramolecular Hbond substituents is 1. The molecule has 0 amide bonds. The molecule has 7 nitrogen and oxygen atoms in total. The van der Waals surface area contributed by atoms with Gasteiger partial charge in [0.25, 0.3) is 5.69 Å². The third-order valence-electron chi connectivity index (χ3n) is 4.25. The molecule has 1 saturated heterocycles. The molecule has 0 bridgehead atoms. The Labute approximate surface area is 143 Å². The zero-order chi connectivity index (χ0) is 17.2. The Morgan fingerprint density at radius 3 is 2.57 bits per heavy atom. The Balaban J connectivity index is 2.56. The van der Waals surface area contributed by atoms with Crippen LogP contribution >= 0.6 is 15.9 Å². The van der Waals surface area contributed by atoms with Crippen LogP contribution in [0.1, 0.15) is 25.5 Å².